The monoisotopic (exact) mass is 142 g/mol. The minimum absolute atomic E-state index is 0. The van der Waals surface area contributed by atoms with Gasteiger partial charge < -0.3 is 20.5 Å². The van der Waals surface area contributed by atoms with Crippen LogP contribution in [0.15, 0.2) is 0 Å². The molecule has 6 heavy (non-hydrogen) atoms. The molecular formula is H3BO4Zn. The van der Waals surface area contributed by atoms with E-state index in [1.54, 1.807) is 0 Å². The summed E-state index contributed by atoms with van der Waals surface area (Å²) in [6.45, 7) is 0. The summed E-state index contributed by atoms with van der Waals surface area (Å²) in [7, 11) is -2.42. The van der Waals surface area contributed by atoms with Crippen LogP contribution in [-0.4, -0.2) is 22.8 Å². The van der Waals surface area contributed by atoms with Crippen molar-refractivity contribution < 1.29 is 40.0 Å². The van der Waals surface area contributed by atoms with Crippen LogP contribution in [0.3, 0.4) is 0 Å². The first-order valence-corrected chi connectivity index (χ1v) is 0.752. The van der Waals surface area contributed by atoms with Crippen molar-refractivity contribution in [3.05, 3.63) is 0 Å². The number of hydrogen-bond acceptors (Lipinski definition) is 4. The second-order valence-electron chi connectivity index (χ2n) is 0.326. The van der Waals surface area contributed by atoms with Gasteiger partial charge in [-0.3, -0.25) is 0 Å². The first kappa shape index (κ1) is 16.0. The van der Waals surface area contributed by atoms with Gasteiger partial charge in [-0.2, -0.15) is 0 Å². The first-order valence-electron chi connectivity index (χ1n) is 0.752. The van der Waals surface area contributed by atoms with E-state index >= 15 is 0 Å². The van der Waals surface area contributed by atoms with Gasteiger partial charge in [0.1, 0.15) is 0 Å². The van der Waals surface area contributed by atoms with Gasteiger partial charge in [0.15, 0.2) is 0 Å². The number of hydrogen-bond donors (Lipinski definition) is 2. The molecule has 32 valence electrons. The SMILES string of the molecule is [O-]B(O)O.[OH-].[Zn+2]. The van der Waals surface area contributed by atoms with E-state index in [1.807, 2.05) is 0 Å². The molecule has 0 radical (unpaired) electrons. The zero-order valence-corrected chi connectivity index (χ0v) is 6.00. The Balaban J connectivity index is -0.0000000450. The molecule has 4 nitrogen and oxygen atoms in total. The summed E-state index contributed by atoms with van der Waals surface area (Å²) in [5, 5.41) is 22.8. The molecule has 0 aliphatic heterocycles. The molecule has 0 aliphatic rings. The third-order valence-corrected chi connectivity index (χ3v) is 0. The third kappa shape index (κ3) is 202. The quantitative estimate of drug-likeness (QED) is 0.357. The van der Waals surface area contributed by atoms with Crippen molar-refractivity contribution in [3.63, 3.8) is 0 Å². The van der Waals surface area contributed by atoms with Crippen molar-refractivity contribution in [1.82, 2.24) is 0 Å². The van der Waals surface area contributed by atoms with Crippen LogP contribution in [0.4, 0.5) is 0 Å². The van der Waals surface area contributed by atoms with Crippen molar-refractivity contribution in [2.24, 2.45) is 0 Å². The average Bonchev–Trinajstić information content (AvgIpc) is 0.811. The second-order valence-corrected chi connectivity index (χ2v) is 0.326. The van der Waals surface area contributed by atoms with Crippen LogP contribution in [0.1, 0.15) is 0 Å². The van der Waals surface area contributed by atoms with Gasteiger partial charge in [0.2, 0.25) is 0 Å². The second kappa shape index (κ2) is 9.11. The van der Waals surface area contributed by atoms with E-state index in [4.69, 9.17) is 15.1 Å². The van der Waals surface area contributed by atoms with E-state index in [-0.39, 0.29) is 25.0 Å². The minimum atomic E-state index is -2.42. The van der Waals surface area contributed by atoms with Crippen LogP contribution in [0.25, 0.3) is 0 Å². The normalized spacial score (nSPS) is 4.50. The molecule has 0 fully saturated rings. The van der Waals surface area contributed by atoms with Gasteiger partial charge in [-0.1, -0.05) is 0 Å². The zero-order chi connectivity index (χ0) is 3.58. The van der Waals surface area contributed by atoms with Gasteiger partial charge in [-0.15, -0.1) is 0 Å². The summed E-state index contributed by atoms with van der Waals surface area (Å²) in [5.41, 5.74) is 0. The van der Waals surface area contributed by atoms with Gasteiger partial charge in [-0.25, -0.2) is 0 Å². The molecule has 0 aromatic carbocycles. The van der Waals surface area contributed by atoms with Crippen LogP contribution in [0.5, 0.6) is 0 Å². The van der Waals surface area contributed by atoms with Gasteiger partial charge >= 0.3 is 26.8 Å². The molecule has 0 aromatic heterocycles. The Morgan fingerprint density at radius 2 is 1.33 bits per heavy atom. The Morgan fingerprint density at radius 3 is 1.33 bits per heavy atom. The summed E-state index contributed by atoms with van der Waals surface area (Å²) in [6.07, 6.45) is 0. The Bertz CT molecular complexity index is 12.3. The summed E-state index contributed by atoms with van der Waals surface area (Å²) in [4.78, 5) is 0. The molecular weight excluding hydrogens is 140 g/mol. The van der Waals surface area contributed by atoms with Crippen LogP contribution in [0, 0.1) is 0 Å². The van der Waals surface area contributed by atoms with E-state index in [2.05, 4.69) is 0 Å². The van der Waals surface area contributed by atoms with Crippen LogP contribution < -0.4 is 5.02 Å². The Labute approximate surface area is 48.0 Å². The zero-order valence-electron chi connectivity index (χ0n) is 3.03. The topological polar surface area (TPSA) is 93.5 Å². The van der Waals surface area contributed by atoms with Gasteiger partial charge in [0.25, 0.3) is 0 Å². The molecule has 3 N–H and O–H groups in total. The van der Waals surface area contributed by atoms with Crippen molar-refractivity contribution in [3.8, 4) is 0 Å². The standard InChI is InChI=1S/BH2O3.H2O.Zn/c2-1(3)4;;/h2-3H;1H2;/q-1;;+2/p-1. The van der Waals surface area contributed by atoms with Crippen molar-refractivity contribution in [2.45, 2.75) is 0 Å². The molecule has 0 atom stereocenters. The third-order valence-electron chi connectivity index (χ3n) is 0. The molecule has 0 saturated heterocycles. The molecule has 0 spiro atoms. The van der Waals surface area contributed by atoms with E-state index in [0.29, 0.717) is 0 Å². The van der Waals surface area contributed by atoms with Gasteiger partial charge in [0, 0.05) is 0 Å². The molecule has 0 rings (SSSR count). The van der Waals surface area contributed by atoms with Crippen LogP contribution >= 0.6 is 0 Å². The maximum absolute atomic E-state index is 8.64. The van der Waals surface area contributed by atoms with E-state index < -0.39 is 7.32 Å². The molecule has 0 aromatic rings. The van der Waals surface area contributed by atoms with Crippen molar-refractivity contribution in [2.75, 3.05) is 0 Å². The maximum Gasteiger partial charge on any atom is 2.00 e. The molecule has 0 aliphatic carbocycles. The average molecular weight is 143 g/mol. The Kier molecular flexibility index (Phi) is 24.3. The Hall–Kier alpha value is 0.528. The molecule has 0 unspecified atom stereocenters. The van der Waals surface area contributed by atoms with E-state index in [9.17, 15) is 0 Å². The fourth-order valence-corrected chi connectivity index (χ4v) is 0. The van der Waals surface area contributed by atoms with E-state index in [1.165, 1.54) is 0 Å². The van der Waals surface area contributed by atoms with E-state index in [0.717, 1.165) is 0 Å². The maximum atomic E-state index is 8.64. The summed E-state index contributed by atoms with van der Waals surface area (Å²) in [6, 6.07) is 0. The smallest absolute Gasteiger partial charge is 0.870 e. The van der Waals surface area contributed by atoms with Gasteiger partial charge in [0.05, 0.1) is 0 Å². The minimum Gasteiger partial charge on any atom is -0.870 e. The van der Waals surface area contributed by atoms with Crippen molar-refractivity contribution >= 4 is 7.32 Å². The van der Waals surface area contributed by atoms with Gasteiger partial charge in [-0.05, 0) is 0 Å². The van der Waals surface area contributed by atoms with Crippen molar-refractivity contribution in [1.29, 1.82) is 0 Å². The summed E-state index contributed by atoms with van der Waals surface area (Å²) in [5.74, 6) is 0. The first-order chi connectivity index (χ1) is 1.73. The Morgan fingerprint density at radius 1 is 1.33 bits per heavy atom. The van der Waals surface area contributed by atoms with Crippen LogP contribution in [0.2, 0.25) is 0 Å². The molecule has 0 bridgehead atoms. The predicted octanol–water partition coefficient (Wildman–Crippen LogP) is -2.86. The molecule has 0 saturated carbocycles. The number of rotatable bonds is 0. The fourth-order valence-electron chi connectivity index (χ4n) is 0. The molecule has 0 amide bonds. The largest absolute Gasteiger partial charge is 2.00 e. The predicted molar refractivity (Wildman–Crippen MR) is 12.1 cm³/mol. The van der Waals surface area contributed by atoms with Crippen LogP contribution in [-0.2, 0) is 19.5 Å². The fraction of sp³-hybridized carbons (Fsp3) is 0. The summed E-state index contributed by atoms with van der Waals surface area (Å²) < 4.78 is 0. The molecule has 0 heterocycles. The molecule has 6 heteroatoms. The summed E-state index contributed by atoms with van der Waals surface area (Å²) >= 11 is 0.